The Hall–Kier alpha value is -0.940. The van der Waals surface area contributed by atoms with Crippen LogP contribution in [0.5, 0.6) is 0 Å². The van der Waals surface area contributed by atoms with Crippen LogP contribution in [-0.2, 0) is 33.3 Å². The van der Waals surface area contributed by atoms with Gasteiger partial charge in [-0.1, -0.05) is 22.6 Å². The monoisotopic (exact) mass is 416 g/mol. The average molecular weight is 416 g/mol. The lowest BCUT2D eigenvalue weighted by Crippen LogP contribution is -2.61. The number of carbonyl (C=O) groups excluding carboxylic acids is 3. The van der Waals surface area contributed by atoms with E-state index in [-0.39, 0.29) is 0 Å². The normalized spacial score (nSPS) is 32.1. The standard InChI is InChI=1S/C12H17IO8/c1-5(14)18-9-8(4-13)21-12(17)11(20-7(3)16)10(9)19-6(2)15/h8-12,17H,4H2,1-3H3/t8-,9+,10+,11-,12?/m0/s1. The highest BCUT2D eigenvalue weighted by molar-refractivity contribution is 14.1. The fourth-order valence-electron chi connectivity index (χ4n) is 2.00. The van der Waals surface area contributed by atoms with Crippen LogP contribution >= 0.6 is 22.6 Å². The quantitative estimate of drug-likeness (QED) is 0.294. The Morgan fingerprint density at radius 2 is 1.38 bits per heavy atom. The fraction of sp³-hybridized carbons (Fsp3) is 0.750. The molecular formula is C12H17IO8. The molecule has 8 nitrogen and oxygen atoms in total. The molecule has 1 unspecified atom stereocenters. The minimum Gasteiger partial charge on any atom is -0.456 e. The molecule has 9 heteroatoms. The van der Waals surface area contributed by atoms with Crippen molar-refractivity contribution in [2.75, 3.05) is 4.43 Å². The highest BCUT2D eigenvalue weighted by Gasteiger charge is 2.50. The van der Waals surface area contributed by atoms with Crippen molar-refractivity contribution in [1.82, 2.24) is 0 Å². The van der Waals surface area contributed by atoms with E-state index in [0.717, 1.165) is 13.8 Å². The maximum absolute atomic E-state index is 11.2. The molecule has 120 valence electrons. The van der Waals surface area contributed by atoms with Crippen molar-refractivity contribution < 1.29 is 38.4 Å². The number of aliphatic hydroxyl groups excluding tert-OH is 1. The molecule has 1 aliphatic rings. The van der Waals surface area contributed by atoms with Crippen LogP contribution in [-0.4, -0.2) is 58.1 Å². The Bertz CT molecular complexity index is 412. The van der Waals surface area contributed by atoms with Gasteiger partial charge in [0.1, 0.15) is 6.10 Å². The number of aliphatic hydroxyl groups is 1. The molecule has 5 atom stereocenters. The molecule has 1 fully saturated rings. The van der Waals surface area contributed by atoms with Crippen molar-refractivity contribution >= 4 is 40.5 Å². The predicted octanol–water partition coefficient (Wildman–Crippen LogP) is -0.0663. The maximum Gasteiger partial charge on any atom is 0.303 e. The summed E-state index contributed by atoms with van der Waals surface area (Å²) in [5.74, 6) is -1.95. The fourth-order valence-corrected chi connectivity index (χ4v) is 2.70. The van der Waals surface area contributed by atoms with E-state index in [0.29, 0.717) is 4.43 Å². The molecule has 1 aliphatic heterocycles. The van der Waals surface area contributed by atoms with Crippen molar-refractivity contribution in [3.63, 3.8) is 0 Å². The molecule has 1 rings (SSSR count). The van der Waals surface area contributed by atoms with Gasteiger partial charge in [0.05, 0.1) is 0 Å². The highest BCUT2D eigenvalue weighted by Crippen LogP contribution is 2.28. The van der Waals surface area contributed by atoms with Crippen molar-refractivity contribution in [2.45, 2.75) is 51.5 Å². The highest BCUT2D eigenvalue weighted by atomic mass is 127. The van der Waals surface area contributed by atoms with Gasteiger partial charge in [0.25, 0.3) is 0 Å². The molecule has 0 aromatic rings. The molecule has 0 radical (unpaired) electrons. The van der Waals surface area contributed by atoms with Crippen LogP contribution in [0.4, 0.5) is 0 Å². The average Bonchev–Trinajstić information content (AvgIpc) is 2.35. The third-order valence-electron chi connectivity index (χ3n) is 2.67. The summed E-state index contributed by atoms with van der Waals surface area (Å²) >= 11 is 1.98. The summed E-state index contributed by atoms with van der Waals surface area (Å²) in [6, 6.07) is 0. The Morgan fingerprint density at radius 3 is 1.81 bits per heavy atom. The molecule has 0 saturated carbocycles. The second-order valence-electron chi connectivity index (χ2n) is 4.44. The Kier molecular flexibility index (Phi) is 6.81. The topological polar surface area (TPSA) is 108 Å². The maximum atomic E-state index is 11.2. The summed E-state index contributed by atoms with van der Waals surface area (Å²) in [6.45, 7) is 3.50. The Morgan fingerprint density at radius 1 is 0.952 bits per heavy atom. The van der Waals surface area contributed by atoms with Gasteiger partial charge in [0, 0.05) is 25.2 Å². The zero-order valence-electron chi connectivity index (χ0n) is 11.8. The largest absolute Gasteiger partial charge is 0.456 e. The van der Waals surface area contributed by atoms with Gasteiger partial charge >= 0.3 is 17.9 Å². The Labute approximate surface area is 135 Å². The van der Waals surface area contributed by atoms with Gasteiger partial charge in [-0.25, -0.2) is 0 Å². The van der Waals surface area contributed by atoms with E-state index in [1.807, 2.05) is 22.6 Å². The summed E-state index contributed by atoms with van der Waals surface area (Å²) in [6.07, 6.45) is -5.56. The van der Waals surface area contributed by atoms with Gasteiger partial charge in [-0.05, 0) is 0 Å². The molecule has 0 bridgehead atoms. The molecule has 21 heavy (non-hydrogen) atoms. The molecule has 0 aromatic carbocycles. The summed E-state index contributed by atoms with van der Waals surface area (Å²) in [7, 11) is 0. The van der Waals surface area contributed by atoms with Crippen molar-refractivity contribution in [1.29, 1.82) is 0 Å². The first kappa shape index (κ1) is 18.1. The van der Waals surface area contributed by atoms with Gasteiger partial charge in [-0.3, -0.25) is 14.4 Å². The first-order valence-electron chi connectivity index (χ1n) is 6.17. The molecule has 1 heterocycles. The van der Waals surface area contributed by atoms with Crippen LogP contribution in [0.2, 0.25) is 0 Å². The predicted molar refractivity (Wildman–Crippen MR) is 76.4 cm³/mol. The van der Waals surface area contributed by atoms with Gasteiger partial charge in [0.2, 0.25) is 0 Å². The first-order valence-corrected chi connectivity index (χ1v) is 7.70. The van der Waals surface area contributed by atoms with Gasteiger partial charge in [-0.2, -0.15) is 0 Å². The van der Waals surface area contributed by atoms with Crippen molar-refractivity contribution in [2.24, 2.45) is 0 Å². The van der Waals surface area contributed by atoms with Crippen molar-refractivity contribution in [3.8, 4) is 0 Å². The molecular weight excluding hydrogens is 399 g/mol. The summed E-state index contributed by atoms with van der Waals surface area (Å²) < 4.78 is 20.8. The van der Waals surface area contributed by atoms with Gasteiger partial charge < -0.3 is 24.1 Å². The second kappa shape index (κ2) is 7.90. The van der Waals surface area contributed by atoms with Crippen LogP contribution in [0, 0.1) is 0 Å². The molecule has 0 aliphatic carbocycles. The van der Waals surface area contributed by atoms with E-state index < -0.39 is 48.6 Å². The minimum atomic E-state index is -1.48. The van der Waals surface area contributed by atoms with Crippen LogP contribution in [0.15, 0.2) is 0 Å². The minimum absolute atomic E-state index is 0.372. The van der Waals surface area contributed by atoms with E-state index in [9.17, 15) is 19.5 Å². The molecule has 0 spiro atoms. The molecule has 1 saturated heterocycles. The summed E-state index contributed by atoms with van der Waals surface area (Å²) in [5, 5.41) is 9.92. The number of rotatable bonds is 4. The van der Waals surface area contributed by atoms with Crippen LogP contribution in [0.25, 0.3) is 0 Å². The number of hydrogen-bond donors (Lipinski definition) is 1. The zero-order chi connectivity index (χ0) is 16.2. The first-order chi connectivity index (χ1) is 9.76. The number of ether oxygens (including phenoxy) is 4. The number of alkyl halides is 1. The van der Waals surface area contributed by atoms with E-state index >= 15 is 0 Å². The molecule has 1 N–H and O–H groups in total. The number of halogens is 1. The van der Waals surface area contributed by atoms with Crippen LogP contribution < -0.4 is 0 Å². The third kappa shape index (κ3) is 5.08. The second-order valence-corrected chi connectivity index (χ2v) is 5.32. The number of hydrogen-bond acceptors (Lipinski definition) is 8. The third-order valence-corrected chi connectivity index (χ3v) is 3.54. The SMILES string of the molecule is CC(=O)O[C@@H]1[C@H](OC(C)=O)[C@H](CI)OC(O)[C@H]1OC(C)=O. The molecule has 0 amide bonds. The van der Waals surface area contributed by atoms with E-state index in [1.165, 1.54) is 6.92 Å². The zero-order valence-corrected chi connectivity index (χ0v) is 13.9. The van der Waals surface area contributed by atoms with Crippen LogP contribution in [0.3, 0.4) is 0 Å². The summed E-state index contributed by atoms with van der Waals surface area (Å²) in [5.41, 5.74) is 0. The Balaban J connectivity index is 3.08. The lowest BCUT2D eigenvalue weighted by Gasteiger charge is -2.42. The lowest BCUT2D eigenvalue weighted by atomic mass is 9.99. The molecule has 0 aromatic heterocycles. The van der Waals surface area contributed by atoms with E-state index in [4.69, 9.17) is 18.9 Å². The van der Waals surface area contributed by atoms with Crippen LogP contribution in [0.1, 0.15) is 20.8 Å². The number of carbonyl (C=O) groups is 3. The van der Waals surface area contributed by atoms with Crippen molar-refractivity contribution in [3.05, 3.63) is 0 Å². The van der Waals surface area contributed by atoms with Gasteiger partial charge in [-0.15, -0.1) is 0 Å². The lowest BCUT2D eigenvalue weighted by molar-refractivity contribution is -0.286. The van der Waals surface area contributed by atoms with E-state index in [1.54, 1.807) is 0 Å². The van der Waals surface area contributed by atoms with E-state index in [2.05, 4.69) is 0 Å². The summed E-state index contributed by atoms with van der Waals surface area (Å²) in [4.78, 5) is 33.6. The number of esters is 3. The van der Waals surface area contributed by atoms with Gasteiger partial charge in [0.15, 0.2) is 24.6 Å². The smallest absolute Gasteiger partial charge is 0.303 e.